The van der Waals surface area contributed by atoms with Gasteiger partial charge in [0.2, 0.25) is 0 Å². The van der Waals surface area contributed by atoms with Crippen LogP contribution in [0, 0.1) is 5.92 Å². The third-order valence-electron chi connectivity index (χ3n) is 1.75. The molecule has 0 nitrogen and oxygen atoms in total. The van der Waals surface area contributed by atoms with Crippen LogP contribution in [0.2, 0.25) is 0 Å². The fourth-order valence-corrected chi connectivity index (χ4v) is 2.47. The predicted octanol–water partition coefficient (Wildman–Crippen LogP) is 3.11. The number of rotatable bonds is 0. The second-order valence-corrected chi connectivity index (χ2v) is 4.72. The van der Waals surface area contributed by atoms with Crippen molar-refractivity contribution in [1.82, 2.24) is 0 Å². The van der Waals surface area contributed by atoms with Gasteiger partial charge in [-0.1, -0.05) is 50.9 Å². The van der Waals surface area contributed by atoms with Crippen molar-refractivity contribution in [3.8, 4) is 0 Å². The minimum Gasteiger partial charge on any atom is -0.0884 e. The molecular formula is C7H10Br2. The lowest BCUT2D eigenvalue weighted by Gasteiger charge is -2.23. The second kappa shape index (κ2) is 3.20. The van der Waals surface area contributed by atoms with E-state index in [1.807, 2.05) is 0 Å². The van der Waals surface area contributed by atoms with E-state index in [-0.39, 0.29) is 0 Å². The molecular weight excluding hydrogens is 244 g/mol. The normalized spacial score (nSPS) is 43.2. The van der Waals surface area contributed by atoms with Crippen LogP contribution in [0.4, 0.5) is 0 Å². The average molecular weight is 254 g/mol. The first kappa shape index (κ1) is 7.80. The van der Waals surface area contributed by atoms with Crippen molar-refractivity contribution in [2.75, 3.05) is 0 Å². The molecule has 3 atom stereocenters. The second-order valence-electron chi connectivity index (χ2n) is 2.48. The average Bonchev–Trinajstić information content (AvgIpc) is 1.83. The molecule has 2 heteroatoms. The monoisotopic (exact) mass is 252 g/mol. The van der Waals surface area contributed by atoms with Crippen LogP contribution < -0.4 is 0 Å². The summed E-state index contributed by atoms with van der Waals surface area (Å²) in [7, 11) is 0. The Labute approximate surface area is 73.0 Å². The number of alkyl halides is 2. The van der Waals surface area contributed by atoms with E-state index < -0.39 is 0 Å². The Bertz CT molecular complexity index is 120. The Kier molecular flexibility index (Phi) is 2.77. The highest BCUT2D eigenvalue weighted by molar-refractivity contribution is 9.10. The minimum absolute atomic E-state index is 0.565. The lowest BCUT2D eigenvalue weighted by molar-refractivity contribution is 0.567. The molecule has 0 aromatic rings. The zero-order chi connectivity index (χ0) is 6.85. The molecule has 1 aliphatic carbocycles. The molecule has 1 rings (SSSR count). The van der Waals surface area contributed by atoms with Crippen molar-refractivity contribution in [3.05, 3.63) is 12.2 Å². The van der Waals surface area contributed by atoms with Crippen molar-refractivity contribution in [3.63, 3.8) is 0 Å². The van der Waals surface area contributed by atoms with Gasteiger partial charge in [0.05, 0.1) is 0 Å². The molecule has 1 aliphatic rings. The molecule has 0 N–H and O–H groups in total. The summed E-state index contributed by atoms with van der Waals surface area (Å²) >= 11 is 7.19. The zero-order valence-corrected chi connectivity index (χ0v) is 8.52. The molecule has 0 aromatic carbocycles. The summed E-state index contributed by atoms with van der Waals surface area (Å²) in [6.07, 6.45) is 5.62. The van der Waals surface area contributed by atoms with E-state index in [4.69, 9.17) is 0 Å². The molecule has 52 valence electrons. The van der Waals surface area contributed by atoms with Crippen LogP contribution in [-0.4, -0.2) is 9.65 Å². The van der Waals surface area contributed by atoms with Crippen LogP contribution in [0.1, 0.15) is 13.3 Å². The Morgan fingerprint density at radius 2 is 2.11 bits per heavy atom. The number of hydrogen-bond donors (Lipinski definition) is 0. The fourth-order valence-electron chi connectivity index (χ4n) is 0.928. The lowest BCUT2D eigenvalue weighted by Crippen LogP contribution is -2.22. The molecule has 0 bridgehead atoms. The van der Waals surface area contributed by atoms with E-state index in [9.17, 15) is 0 Å². The lowest BCUT2D eigenvalue weighted by atomic mass is 9.96. The standard InChI is InChI=1S/C7H10Br2/c1-5-6(8)3-2-4-7(5)9/h2-3,5-7H,4H2,1H3. The van der Waals surface area contributed by atoms with Crippen LogP contribution in [0.5, 0.6) is 0 Å². The van der Waals surface area contributed by atoms with Gasteiger partial charge in [-0.2, -0.15) is 0 Å². The third-order valence-corrected chi connectivity index (χ3v) is 4.10. The third kappa shape index (κ3) is 1.81. The van der Waals surface area contributed by atoms with Crippen molar-refractivity contribution < 1.29 is 0 Å². The molecule has 0 amide bonds. The summed E-state index contributed by atoms with van der Waals surface area (Å²) in [5, 5.41) is 0. The van der Waals surface area contributed by atoms with Gasteiger partial charge in [-0.05, 0) is 12.3 Å². The summed E-state index contributed by atoms with van der Waals surface area (Å²) in [5.41, 5.74) is 0. The van der Waals surface area contributed by atoms with E-state index in [2.05, 4.69) is 50.9 Å². The minimum atomic E-state index is 0.565. The van der Waals surface area contributed by atoms with Gasteiger partial charge in [0.15, 0.2) is 0 Å². The first-order chi connectivity index (χ1) is 4.22. The summed E-state index contributed by atoms with van der Waals surface area (Å²) < 4.78 is 0. The van der Waals surface area contributed by atoms with Gasteiger partial charge < -0.3 is 0 Å². The maximum absolute atomic E-state index is 3.61. The van der Waals surface area contributed by atoms with Crippen LogP contribution in [-0.2, 0) is 0 Å². The van der Waals surface area contributed by atoms with Crippen LogP contribution >= 0.6 is 31.9 Å². The first-order valence-electron chi connectivity index (χ1n) is 3.16. The van der Waals surface area contributed by atoms with Gasteiger partial charge in [0.25, 0.3) is 0 Å². The van der Waals surface area contributed by atoms with E-state index in [1.165, 1.54) is 6.42 Å². The van der Waals surface area contributed by atoms with Gasteiger partial charge >= 0.3 is 0 Å². The predicted molar refractivity (Wildman–Crippen MR) is 48.4 cm³/mol. The van der Waals surface area contributed by atoms with Crippen molar-refractivity contribution in [2.24, 2.45) is 5.92 Å². The molecule has 0 aliphatic heterocycles. The highest BCUT2D eigenvalue weighted by atomic mass is 79.9. The van der Waals surface area contributed by atoms with Crippen LogP contribution in [0.25, 0.3) is 0 Å². The largest absolute Gasteiger partial charge is 0.0884 e. The smallest absolute Gasteiger partial charge is 0.0361 e. The van der Waals surface area contributed by atoms with Crippen LogP contribution in [0.3, 0.4) is 0 Å². The molecule has 0 spiro atoms. The van der Waals surface area contributed by atoms with E-state index >= 15 is 0 Å². The summed E-state index contributed by atoms with van der Waals surface area (Å²) in [4.78, 5) is 1.22. The molecule has 0 fully saturated rings. The summed E-state index contributed by atoms with van der Waals surface area (Å²) in [6.45, 7) is 2.25. The van der Waals surface area contributed by atoms with E-state index in [1.54, 1.807) is 0 Å². The Balaban J connectivity index is 2.58. The van der Waals surface area contributed by atoms with E-state index in [0.29, 0.717) is 9.65 Å². The van der Waals surface area contributed by atoms with Crippen molar-refractivity contribution >= 4 is 31.9 Å². The SMILES string of the molecule is CC1C(Br)C=CCC1Br. The quantitative estimate of drug-likeness (QED) is 0.460. The molecule has 0 radical (unpaired) electrons. The maximum Gasteiger partial charge on any atom is 0.0361 e. The Morgan fingerprint density at radius 1 is 1.44 bits per heavy atom. The molecule has 0 saturated carbocycles. The molecule has 3 unspecified atom stereocenters. The van der Waals surface area contributed by atoms with Gasteiger partial charge in [-0.25, -0.2) is 0 Å². The number of allylic oxidation sites excluding steroid dienone is 2. The Morgan fingerprint density at radius 3 is 2.56 bits per heavy atom. The van der Waals surface area contributed by atoms with Gasteiger partial charge in [0, 0.05) is 9.65 Å². The van der Waals surface area contributed by atoms with E-state index in [0.717, 1.165) is 5.92 Å². The number of halogens is 2. The van der Waals surface area contributed by atoms with Gasteiger partial charge in [-0.3, -0.25) is 0 Å². The molecule has 9 heavy (non-hydrogen) atoms. The summed E-state index contributed by atoms with van der Waals surface area (Å²) in [6, 6.07) is 0. The number of hydrogen-bond acceptors (Lipinski definition) is 0. The topological polar surface area (TPSA) is 0 Å². The van der Waals surface area contributed by atoms with Crippen molar-refractivity contribution in [1.29, 1.82) is 0 Å². The molecule has 0 saturated heterocycles. The summed E-state index contributed by atoms with van der Waals surface area (Å²) in [5.74, 6) is 0.718. The Hall–Kier alpha value is 0.700. The molecule has 0 heterocycles. The van der Waals surface area contributed by atoms with Crippen molar-refractivity contribution in [2.45, 2.75) is 23.0 Å². The van der Waals surface area contributed by atoms with Gasteiger partial charge in [-0.15, -0.1) is 0 Å². The van der Waals surface area contributed by atoms with Crippen LogP contribution in [0.15, 0.2) is 12.2 Å². The molecule has 0 aromatic heterocycles. The highest BCUT2D eigenvalue weighted by Gasteiger charge is 2.21. The highest BCUT2D eigenvalue weighted by Crippen LogP contribution is 2.29. The zero-order valence-electron chi connectivity index (χ0n) is 5.35. The maximum atomic E-state index is 3.61. The first-order valence-corrected chi connectivity index (χ1v) is 4.99. The van der Waals surface area contributed by atoms with Gasteiger partial charge in [0.1, 0.15) is 0 Å². The fraction of sp³-hybridized carbons (Fsp3) is 0.714.